The lowest BCUT2D eigenvalue weighted by Crippen LogP contribution is -2.42. The summed E-state index contributed by atoms with van der Waals surface area (Å²) < 4.78 is 32.8. The minimum atomic E-state index is -1.26. The summed E-state index contributed by atoms with van der Waals surface area (Å²) in [7, 11) is 0. The molecule has 0 aromatic carbocycles. The van der Waals surface area contributed by atoms with Crippen LogP contribution >= 0.6 is 0 Å². The van der Waals surface area contributed by atoms with E-state index in [0.717, 1.165) is 97.6 Å². The zero-order valence-corrected chi connectivity index (χ0v) is 61.5. The highest BCUT2D eigenvalue weighted by Crippen LogP contribution is 2.36. The number of aromatic nitrogens is 15. The van der Waals surface area contributed by atoms with Crippen molar-refractivity contribution >= 4 is 64.1 Å². The van der Waals surface area contributed by atoms with Gasteiger partial charge >= 0.3 is 18.2 Å². The molecule has 108 heavy (non-hydrogen) atoms. The number of imidazole rings is 3. The number of nitrogens with two attached hydrogens (primary N) is 4. The third-order valence-corrected chi connectivity index (χ3v) is 18.2. The first kappa shape index (κ1) is 75.3. The molecular weight excluding hydrogens is 1380 g/mol. The summed E-state index contributed by atoms with van der Waals surface area (Å²) in [4.78, 5) is 118. The minimum absolute atomic E-state index is 0.00209. The van der Waals surface area contributed by atoms with Gasteiger partial charge in [-0.25, -0.2) is 74.2 Å². The number of hydrogen-bond donors (Lipinski definition) is 6. The molecule has 0 radical (unpaired) electrons. The van der Waals surface area contributed by atoms with Crippen molar-refractivity contribution in [3.63, 3.8) is 0 Å². The predicted molar refractivity (Wildman–Crippen MR) is 399 cm³/mol. The summed E-state index contributed by atoms with van der Waals surface area (Å²) in [6.07, 6.45) is 26.9. The van der Waals surface area contributed by atoms with Crippen molar-refractivity contribution in [1.82, 2.24) is 88.1 Å². The number of fused-ring (bicyclic) bond motifs is 3. The van der Waals surface area contributed by atoms with Crippen molar-refractivity contribution in [3.8, 4) is 68.5 Å². The maximum Gasteiger partial charge on any atom is 0.410 e. The third-order valence-electron chi connectivity index (χ3n) is 18.2. The molecule has 3 fully saturated rings. The van der Waals surface area contributed by atoms with Crippen LogP contribution in [0.4, 0.5) is 27.0 Å². The maximum atomic E-state index is 13.4. The molecule has 10 N–H and O–H groups in total. The number of anilines is 3. The van der Waals surface area contributed by atoms with Gasteiger partial charge in [0.15, 0.2) is 51.8 Å². The highest BCUT2D eigenvalue weighted by Gasteiger charge is 2.35. The molecule has 3 aliphatic heterocycles. The molecule has 3 aliphatic rings. The fraction of sp³-hybridized carbons (Fsp3) is 0.373. The van der Waals surface area contributed by atoms with Crippen LogP contribution in [0.25, 0.3) is 85.5 Å². The first-order valence-electron chi connectivity index (χ1n) is 35.5. The lowest BCUT2D eigenvalue weighted by molar-refractivity contribution is 0.0212. The smallest absolute Gasteiger partial charge is 0.410 e. The normalized spacial score (nSPS) is 15.7. The molecule has 0 saturated carbocycles. The first-order chi connectivity index (χ1) is 51.7. The number of aryl methyl sites for hydroxylation is 3. The fourth-order valence-electron chi connectivity index (χ4n) is 12.9. The number of rotatable bonds is 16. The number of pyridine rings is 3. The molecule has 33 nitrogen and oxygen atoms in total. The van der Waals surface area contributed by atoms with Crippen LogP contribution in [-0.2, 0) is 9.47 Å². The van der Waals surface area contributed by atoms with Gasteiger partial charge in [-0.1, -0.05) is 0 Å². The van der Waals surface area contributed by atoms with E-state index in [1.54, 1.807) is 46.7 Å². The molecule has 562 valence electrons. The lowest BCUT2D eigenvalue weighted by atomic mass is 10.0. The van der Waals surface area contributed by atoms with Gasteiger partial charge in [0.05, 0.1) is 18.6 Å². The number of ketones is 2. The van der Waals surface area contributed by atoms with Gasteiger partial charge in [-0.15, -0.1) is 0 Å². The number of oxazole rings is 3. The monoisotopic (exact) mass is 1470 g/mol. The van der Waals surface area contributed by atoms with Crippen LogP contribution in [0, 0.1) is 20.8 Å². The first-order valence-corrected chi connectivity index (χ1v) is 35.5. The van der Waals surface area contributed by atoms with Crippen molar-refractivity contribution in [2.24, 2.45) is 5.73 Å². The number of carbonyl (C=O) groups excluding carboxylic acids is 4. The fourth-order valence-corrected chi connectivity index (χ4v) is 12.9. The third kappa shape index (κ3) is 17.3. The molecule has 0 unspecified atom stereocenters. The van der Waals surface area contributed by atoms with Crippen molar-refractivity contribution in [2.45, 2.75) is 156 Å². The summed E-state index contributed by atoms with van der Waals surface area (Å²) in [5, 5.41) is 12.7. The van der Waals surface area contributed by atoms with Gasteiger partial charge in [0.25, 0.3) is 0 Å². The molecule has 12 aromatic rings. The number of nitrogens with zero attached hydrogens (tertiary/aromatic N) is 17. The summed E-state index contributed by atoms with van der Waals surface area (Å²) in [5.74, 6) is -0.984. The number of nitrogen functional groups attached to an aromatic ring is 3. The number of ether oxygens (including phenoxy) is 2. The Hall–Kier alpha value is -12.4. The van der Waals surface area contributed by atoms with Crippen LogP contribution in [-0.4, -0.2) is 173 Å². The quantitative estimate of drug-likeness (QED) is 0.0489. The standard InChI is InChI=1S/C27H31N7O4.C22H23N7O2.C16H12N6O3.C10H20N2O2/c1-16-14-30-20-10-7-17(15-34(16)20)21-23(25-29-11-13-37-25)32-24(28)22(31-21)19(35)9-8-18-6-5-12-33(18)26(36)38-27(2,3)4;1-13-11-26-17-7-4-14(12-29(13)17)18-20(22-25-9-10-31-22)28-21(23)19(27-18)16(30)6-5-15-3-2-8-24-15;1-8-6-19-10-3-2-9(7-22(8)10)11-12(15-18-4-5-25-15)21-14(17)13(20-11)16(23)24;1-10(2,3)14-9(13)12-6-4-5-8(12)7-11/h7,10-11,13-15,18H,5-6,8-9,12H2,1-4H3,(H2,28,32);4,7,9-12,15,24H,2-3,5-6,8H2,1H3,(H2,23,28);2-7H,1H3,(H2,17,21)(H,23,24);8H,4-7,11H2,1-3H3/t18-;15-;;8-/m11.1/s1. The van der Waals surface area contributed by atoms with Crippen molar-refractivity contribution in [1.29, 1.82) is 0 Å². The molecule has 33 heteroatoms. The molecule has 0 spiro atoms. The number of aromatic carboxylic acids is 1. The highest BCUT2D eigenvalue weighted by molar-refractivity contribution is 6.00. The molecular formula is C75H86N22O11. The molecule has 0 aliphatic carbocycles. The molecule has 2 amide bonds. The number of carboxylic acid groups (broad SMARTS) is 1. The van der Waals surface area contributed by atoms with Crippen LogP contribution in [0.15, 0.2) is 124 Å². The summed E-state index contributed by atoms with van der Waals surface area (Å²) in [6.45, 7) is 19.9. The number of amides is 2. The second kappa shape index (κ2) is 32.1. The molecule has 0 bridgehead atoms. The van der Waals surface area contributed by atoms with Crippen LogP contribution in [0.1, 0.15) is 154 Å². The Kier molecular flexibility index (Phi) is 22.4. The van der Waals surface area contributed by atoms with Crippen molar-refractivity contribution < 1.29 is 51.8 Å². The Morgan fingerprint density at radius 1 is 0.500 bits per heavy atom. The molecule has 15 rings (SSSR count). The van der Waals surface area contributed by atoms with E-state index in [2.05, 4.69) is 60.1 Å². The number of likely N-dealkylation sites (tertiary alicyclic amines) is 2. The van der Waals surface area contributed by atoms with E-state index in [1.165, 1.54) is 37.4 Å². The Morgan fingerprint density at radius 3 is 1.24 bits per heavy atom. The number of carbonyl (C=O) groups is 5. The van der Waals surface area contributed by atoms with Gasteiger partial charge in [-0.2, -0.15) is 0 Å². The van der Waals surface area contributed by atoms with Gasteiger partial charge in [0.1, 0.15) is 75.4 Å². The van der Waals surface area contributed by atoms with Crippen LogP contribution in [0.5, 0.6) is 0 Å². The summed E-state index contributed by atoms with van der Waals surface area (Å²) in [5.41, 5.74) is 32.2. The Labute approximate surface area is 620 Å². The van der Waals surface area contributed by atoms with Crippen molar-refractivity contribution in [3.05, 3.63) is 145 Å². The maximum absolute atomic E-state index is 13.4. The van der Waals surface area contributed by atoms with Crippen LogP contribution in [0.3, 0.4) is 0 Å². The van der Waals surface area contributed by atoms with Gasteiger partial charge in [0.2, 0.25) is 17.7 Å². The van der Waals surface area contributed by atoms with Crippen LogP contribution in [0.2, 0.25) is 0 Å². The summed E-state index contributed by atoms with van der Waals surface area (Å²) in [6, 6.07) is 11.6. The molecule has 3 atom stereocenters. The number of hydrogen-bond acceptors (Lipinski definition) is 27. The molecule has 3 saturated heterocycles. The zero-order chi connectivity index (χ0) is 76.7. The Balaban J connectivity index is 0.000000141. The van der Waals surface area contributed by atoms with E-state index in [9.17, 15) is 29.1 Å². The number of Topliss-reactive ketones (excluding diaryl/α,β-unsaturated/α-hetero) is 2. The lowest BCUT2D eigenvalue weighted by Gasteiger charge is -2.28. The second-order valence-corrected chi connectivity index (χ2v) is 28.3. The number of nitrogens with one attached hydrogen (secondary N) is 1. The van der Waals surface area contributed by atoms with Gasteiger partial charge in [-0.3, -0.25) is 9.59 Å². The minimum Gasteiger partial charge on any atom is -0.476 e. The Morgan fingerprint density at radius 2 is 0.880 bits per heavy atom. The zero-order valence-electron chi connectivity index (χ0n) is 61.5. The average molecular weight is 1470 g/mol. The van der Waals surface area contributed by atoms with Gasteiger partial charge in [-0.05, 0) is 157 Å². The van der Waals surface area contributed by atoms with E-state index in [4.69, 9.17) is 50.6 Å². The predicted octanol–water partition coefficient (Wildman–Crippen LogP) is 11.1. The molecule has 12 aromatic heterocycles. The van der Waals surface area contributed by atoms with Gasteiger partial charge in [0, 0.05) is 122 Å². The van der Waals surface area contributed by atoms with Crippen molar-refractivity contribution in [2.75, 3.05) is 43.4 Å². The highest BCUT2D eigenvalue weighted by atomic mass is 16.6. The van der Waals surface area contributed by atoms with E-state index >= 15 is 0 Å². The summed E-state index contributed by atoms with van der Waals surface area (Å²) >= 11 is 0. The molecule has 15 heterocycles. The van der Waals surface area contributed by atoms with E-state index < -0.39 is 17.2 Å². The van der Waals surface area contributed by atoms with E-state index in [0.29, 0.717) is 77.5 Å². The topological polar surface area (TPSA) is 454 Å². The Bertz CT molecular complexity index is 5230. The largest absolute Gasteiger partial charge is 0.476 e. The SMILES string of the molecule is CC(C)(C)OC(=O)N1CCC[C@@H]1CN.Cc1cnc2ccc(-c3nc(C(=O)CC[C@H]4CCCN4)c(N)nc3-c3ncco3)cn12.Cc1cnc2ccc(-c3nc(C(=O)CC[C@H]4CCCN4C(=O)OC(C)(C)C)c(N)nc3-c3ncco3)cn12.Cc1cnc2ccc(-c3nc(C(=O)O)c(N)nc3-c3ncco3)cn12. The van der Waals surface area contributed by atoms with Crippen LogP contribution < -0.4 is 28.3 Å². The van der Waals surface area contributed by atoms with E-state index in [1.807, 2.05) is 112 Å². The number of carboxylic acids is 1. The van der Waals surface area contributed by atoms with E-state index in [-0.39, 0.29) is 94.3 Å². The average Bonchev–Trinajstić information content (AvgIpc) is 1.36. The second-order valence-electron chi connectivity index (χ2n) is 28.3. The van der Waals surface area contributed by atoms with Gasteiger partial charge < -0.3 is 79.1 Å².